The van der Waals surface area contributed by atoms with E-state index in [1.807, 2.05) is 0 Å². The van der Waals surface area contributed by atoms with Crippen molar-refractivity contribution in [2.75, 3.05) is 0 Å². The van der Waals surface area contributed by atoms with Crippen molar-refractivity contribution >= 4 is 17.6 Å². The summed E-state index contributed by atoms with van der Waals surface area (Å²) < 4.78 is 5.48. The monoisotopic (exact) mass is 249 g/mol. The molecule has 0 atom stereocenters. The fourth-order valence-electron chi connectivity index (χ4n) is 1.24. The van der Waals surface area contributed by atoms with Gasteiger partial charge in [-0.25, -0.2) is 4.79 Å². The van der Waals surface area contributed by atoms with Crippen LogP contribution in [0.1, 0.15) is 10.4 Å². The van der Waals surface area contributed by atoms with Crippen molar-refractivity contribution < 1.29 is 14.6 Å². The van der Waals surface area contributed by atoms with Crippen LogP contribution in [0.3, 0.4) is 0 Å². The predicted octanol–water partition coefficient (Wildman–Crippen LogP) is 3.23. The number of aromatic nitrogens is 1. The van der Waals surface area contributed by atoms with E-state index in [0.717, 1.165) is 0 Å². The molecule has 0 aliphatic carbocycles. The van der Waals surface area contributed by atoms with Gasteiger partial charge in [0.25, 0.3) is 0 Å². The molecule has 0 aliphatic heterocycles. The number of benzene rings is 1. The first-order chi connectivity index (χ1) is 8.16. The summed E-state index contributed by atoms with van der Waals surface area (Å²) >= 11 is 5.87. The highest BCUT2D eigenvalue weighted by Crippen LogP contribution is 2.27. The molecule has 86 valence electrons. The highest BCUT2D eigenvalue weighted by molar-refractivity contribution is 6.31. The van der Waals surface area contributed by atoms with Gasteiger partial charge in [-0.1, -0.05) is 11.6 Å². The quantitative estimate of drug-likeness (QED) is 0.907. The maximum Gasteiger partial charge on any atom is 0.335 e. The van der Waals surface area contributed by atoms with Crippen LogP contribution < -0.4 is 4.74 Å². The molecule has 1 aromatic carbocycles. The van der Waals surface area contributed by atoms with Crippen LogP contribution >= 0.6 is 11.6 Å². The van der Waals surface area contributed by atoms with Crippen molar-refractivity contribution in [2.24, 2.45) is 0 Å². The number of rotatable bonds is 3. The van der Waals surface area contributed by atoms with Gasteiger partial charge in [0.2, 0.25) is 0 Å². The lowest BCUT2D eigenvalue weighted by Crippen LogP contribution is -1.95. The maximum atomic E-state index is 10.7. The number of ether oxygens (including phenoxy) is 1. The molecule has 2 aromatic rings. The van der Waals surface area contributed by atoms with E-state index in [9.17, 15) is 4.79 Å². The third-order valence-corrected chi connectivity index (χ3v) is 2.35. The van der Waals surface area contributed by atoms with Gasteiger partial charge in [-0.3, -0.25) is 4.98 Å². The number of hydrogen-bond acceptors (Lipinski definition) is 3. The molecule has 1 N–H and O–H groups in total. The summed E-state index contributed by atoms with van der Waals surface area (Å²) in [6.45, 7) is 0. The van der Waals surface area contributed by atoms with Crippen molar-refractivity contribution in [1.82, 2.24) is 4.98 Å². The average molecular weight is 250 g/mol. The van der Waals surface area contributed by atoms with E-state index in [1.54, 1.807) is 24.4 Å². The standard InChI is InChI=1S/C12H8ClNO3/c13-10-7-14-6-5-11(10)17-9-3-1-8(2-4-9)12(15)16/h1-7H,(H,15,16). The van der Waals surface area contributed by atoms with Crippen LogP contribution in [0, 0.1) is 0 Å². The Hall–Kier alpha value is -2.07. The van der Waals surface area contributed by atoms with E-state index < -0.39 is 5.97 Å². The Balaban J connectivity index is 2.20. The first-order valence-electron chi connectivity index (χ1n) is 4.77. The molecule has 0 saturated carbocycles. The summed E-state index contributed by atoms with van der Waals surface area (Å²) in [5, 5.41) is 9.14. The molecule has 4 nitrogen and oxygen atoms in total. The fraction of sp³-hybridized carbons (Fsp3) is 0. The summed E-state index contributed by atoms with van der Waals surface area (Å²) in [5.41, 5.74) is 0.207. The van der Waals surface area contributed by atoms with Gasteiger partial charge in [0.05, 0.1) is 5.56 Å². The van der Waals surface area contributed by atoms with Crippen molar-refractivity contribution in [3.05, 3.63) is 53.3 Å². The zero-order chi connectivity index (χ0) is 12.3. The van der Waals surface area contributed by atoms with Crippen LogP contribution in [-0.2, 0) is 0 Å². The normalized spacial score (nSPS) is 9.94. The SMILES string of the molecule is O=C(O)c1ccc(Oc2ccncc2Cl)cc1. The molecular formula is C12H8ClNO3. The van der Waals surface area contributed by atoms with Crippen LogP contribution in [0.15, 0.2) is 42.7 Å². The van der Waals surface area contributed by atoms with Gasteiger partial charge in [0, 0.05) is 18.5 Å². The van der Waals surface area contributed by atoms with Crippen LogP contribution in [0.25, 0.3) is 0 Å². The van der Waals surface area contributed by atoms with Gasteiger partial charge in [0.1, 0.15) is 16.5 Å². The second-order valence-electron chi connectivity index (χ2n) is 3.24. The largest absolute Gasteiger partial charge is 0.478 e. The fourth-order valence-corrected chi connectivity index (χ4v) is 1.40. The maximum absolute atomic E-state index is 10.7. The Kier molecular flexibility index (Phi) is 3.25. The molecule has 0 unspecified atom stereocenters. The number of hydrogen-bond donors (Lipinski definition) is 1. The smallest absolute Gasteiger partial charge is 0.335 e. The first kappa shape index (κ1) is 11.4. The van der Waals surface area contributed by atoms with Gasteiger partial charge >= 0.3 is 5.97 Å². The second kappa shape index (κ2) is 4.84. The second-order valence-corrected chi connectivity index (χ2v) is 3.64. The van der Waals surface area contributed by atoms with Crippen LogP contribution in [0.2, 0.25) is 5.02 Å². The number of carboxylic acid groups (broad SMARTS) is 1. The third kappa shape index (κ3) is 2.73. The van der Waals surface area contributed by atoms with Gasteiger partial charge < -0.3 is 9.84 Å². The molecule has 0 radical (unpaired) electrons. The van der Waals surface area contributed by atoms with Gasteiger partial charge in [-0.05, 0) is 24.3 Å². The van der Waals surface area contributed by atoms with Crippen LogP contribution in [-0.4, -0.2) is 16.1 Å². The minimum atomic E-state index is -0.974. The van der Waals surface area contributed by atoms with E-state index in [1.165, 1.54) is 18.3 Å². The van der Waals surface area contributed by atoms with Crippen LogP contribution in [0.5, 0.6) is 11.5 Å². The Morgan fingerprint density at radius 1 is 1.24 bits per heavy atom. The van der Waals surface area contributed by atoms with Crippen LogP contribution in [0.4, 0.5) is 0 Å². The molecule has 0 spiro atoms. The van der Waals surface area contributed by atoms with E-state index >= 15 is 0 Å². The molecule has 0 amide bonds. The highest BCUT2D eigenvalue weighted by atomic mass is 35.5. The van der Waals surface area contributed by atoms with Crippen molar-refractivity contribution in [1.29, 1.82) is 0 Å². The Labute approximate surface area is 102 Å². The lowest BCUT2D eigenvalue weighted by molar-refractivity contribution is 0.0697. The molecule has 0 fully saturated rings. The summed E-state index contributed by atoms with van der Waals surface area (Å²) in [4.78, 5) is 14.5. The van der Waals surface area contributed by atoms with E-state index in [4.69, 9.17) is 21.4 Å². The van der Waals surface area contributed by atoms with E-state index in [0.29, 0.717) is 16.5 Å². The van der Waals surface area contributed by atoms with Crippen molar-refractivity contribution in [2.45, 2.75) is 0 Å². The number of halogens is 1. The zero-order valence-corrected chi connectivity index (χ0v) is 9.39. The lowest BCUT2D eigenvalue weighted by Gasteiger charge is -2.06. The number of pyridine rings is 1. The van der Waals surface area contributed by atoms with E-state index in [2.05, 4.69) is 4.98 Å². The number of aromatic carboxylic acids is 1. The van der Waals surface area contributed by atoms with E-state index in [-0.39, 0.29) is 5.56 Å². The lowest BCUT2D eigenvalue weighted by atomic mass is 10.2. The summed E-state index contributed by atoms with van der Waals surface area (Å²) in [6, 6.07) is 7.70. The van der Waals surface area contributed by atoms with Gasteiger partial charge in [-0.2, -0.15) is 0 Å². The molecule has 0 bridgehead atoms. The number of nitrogens with zero attached hydrogens (tertiary/aromatic N) is 1. The molecule has 0 saturated heterocycles. The Bertz CT molecular complexity index is 540. The molecule has 0 aliphatic rings. The molecular weight excluding hydrogens is 242 g/mol. The molecule has 1 heterocycles. The van der Waals surface area contributed by atoms with Gasteiger partial charge in [-0.15, -0.1) is 0 Å². The molecule has 2 rings (SSSR count). The number of carbonyl (C=O) groups is 1. The summed E-state index contributed by atoms with van der Waals surface area (Å²) in [5.74, 6) is 0.0198. The third-order valence-electron chi connectivity index (χ3n) is 2.06. The highest BCUT2D eigenvalue weighted by Gasteiger charge is 2.05. The topological polar surface area (TPSA) is 59.4 Å². The van der Waals surface area contributed by atoms with Crippen molar-refractivity contribution in [3.8, 4) is 11.5 Å². The van der Waals surface area contributed by atoms with Gasteiger partial charge in [0.15, 0.2) is 0 Å². The molecule has 17 heavy (non-hydrogen) atoms. The zero-order valence-electron chi connectivity index (χ0n) is 8.63. The Morgan fingerprint density at radius 2 is 1.94 bits per heavy atom. The predicted molar refractivity (Wildman–Crippen MR) is 62.7 cm³/mol. The average Bonchev–Trinajstić information content (AvgIpc) is 2.33. The number of carboxylic acids is 1. The summed E-state index contributed by atoms with van der Waals surface area (Å²) in [7, 11) is 0. The molecule has 1 aromatic heterocycles. The first-order valence-corrected chi connectivity index (χ1v) is 5.15. The minimum Gasteiger partial charge on any atom is -0.478 e. The Morgan fingerprint density at radius 3 is 2.53 bits per heavy atom. The molecule has 5 heteroatoms. The minimum absolute atomic E-state index is 0.207. The van der Waals surface area contributed by atoms with Crippen molar-refractivity contribution in [3.63, 3.8) is 0 Å². The summed E-state index contributed by atoms with van der Waals surface area (Å²) in [6.07, 6.45) is 3.04.